The summed E-state index contributed by atoms with van der Waals surface area (Å²) < 4.78 is 0. The van der Waals surface area contributed by atoms with Crippen molar-refractivity contribution in [2.45, 2.75) is 39.2 Å². The standard InChI is InChI=1S/C27H30N2O/c1-18(2)24-15-23-8-5-10-29-27(23)26(16-24)22-7-4-6-20(13-22)14-25(17-30)21-9-11-28-19(3)12-21/h4-13,15-16,18-19,25,28,30H,14,17H2,1-3H3. The van der Waals surface area contributed by atoms with Crippen LogP contribution in [0.5, 0.6) is 0 Å². The molecule has 1 aliphatic rings. The van der Waals surface area contributed by atoms with Gasteiger partial charge in [0, 0.05) is 29.1 Å². The molecule has 0 radical (unpaired) electrons. The first-order chi connectivity index (χ1) is 14.5. The second kappa shape index (κ2) is 8.85. The molecule has 2 heterocycles. The number of aliphatic hydroxyl groups is 1. The van der Waals surface area contributed by atoms with Gasteiger partial charge in [0.2, 0.25) is 0 Å². The van der Waals surface area contributed by atoms with Gasteiger partial charge in [-0.3, -0.25) is 4.98 Å². The molecule has 2 aromatic carbocycles. The zero-order valence-electron chi connectivity index (χ0n) is 18.0. The van der Waals surface area contributed by atoms with E-state index >= 15 is 0 Å². The Hall–Kier alpha value is -2.91. The maximum absolute atomic E-state index is 10.0. The van der Waals surface area contributed by atoms with Crippen LogP contribution >= 0.6 is 0 Å². The van der Waals surface area contributed by atoms with Crippen LogP contribution in [0.25, 0.3) is 22.0 Å². The molecule has 1 aliphatic heterocycles. The molecule has 0 aliphatic carbocycles. The number of dihydropyridines is 1. The normalized spacial score (nSPS) is 17.1. The fourth-order valence-corrected chi connectivity index (χ4v) is 4.17. The average Bonchev–Trinajstić information content (AvgIpc) is 2.76. The Kier molecular flexibility index (Phi) is 6.01. The van der Waals surface area contributed by atoms with E-state index in [0.717, 1.165) is 11.9 Å². The third-order valence-corrected chi connectivity index (χ3v) is 5.88. The molecule has 0 fully saturated rings. The van der Waals surface area contributed by atoms with Crippen LogP contribution in [0.3, 0.4) is 0 Å². The van der Waals surface area contributed by atoms with Crippen molar-refractivity contribution in [3.63, 3.8) is 0 Å². The molecule has 0 amide bonds. The molecule has 30 heavy (non-hydrogen) atoms. The van der Waals surface area contributed by atoms with Gasteiger partial charge >= 0.3 is 0 Å². The van der Waals surface area contributed by atoms with Crippen molar-refractivity contribution in [1.82, 2.24) is 10.3 Å². The minimum absolute atomic E-state index is 0.0953. The summed E-state index contributed by atoms with van der Waals surface area (Å²) >= 11 is 0. The van der Waals surface area contributed by atoms with E-state index in [1.165, 1.54) is 33.2 Å². The van der Waals surface area contributed by atoms with Crippen LogP contribution in [-0.2, 0) is 6.42 Å². The lowest BCUT2D eigenvalue weighted by molar-refractivity contribution is 0.247. The molecule has 0 bridgehead atoms. The van der Waals surface area contributed by atoms with Gasteiger partial charge in [0.05, 0.1) is 12.1 Å². The highest BCUT2D eigenvalue weighted by Crippen LogP contribution is 2.32. The smallest absolute Gasteiger partial charge is 0.0780 e. The summed E-state index contributed by atoms with van der Waals surface area (Å²) in [5.41, 5.74) is 7.14. The van der Waals surface area contributed by atoms with Crippen molar-refractivity contribution in [2.75, 3.05) is 6.61 Å². The molecule has 154 valence electrons. The SMILES string of the molecule is CC1C=C(C(CO)Cc2cccc(-c3cc(C(C)C)cc4cccnc34)c2)C=CN1. The third-order valence-electron chi connectivity index (χ3n) is 5.88. The van der Waals surface area contributed by atoms with Crippen LogP contribution in [0.2, 0.25) is 0 Å². The zero-order chi connectivity index (χ0) is 21.1. The van der Waals surface area contributed by atoms with Gasteiger partial charge in [0.25, 0.3) is 0 Å². The first-order valence-electron chi connectivity index (χ1n) is 10.8. The number of nitrogens with one attached hydrogen (secondary N) is 1. The lowest BCUT2D eigenvalue weighted by Gasteiger charge is -2.22. The number of nitrogens with zero attached hydrogens (tertiary/aromatic N) is 1. The second-order valence-electron chi connectivity index (χ2n) is 8.54. The van der Waals surface area contributed by atoms with Gasteiger partial charge in [-0.05, 0) is 72.0 Å². The highest BCUT2D eigenvalue weighted by molar-refractivity contribution is 5.94. The summed E-state index contributed by atoms with van der Waals surface area (Å²) in [7, 11) is 0. The average molecular weight is 399 g/mol. The third kappa shape index (κ3) is 4.31. The Morgan fingerprint density at radius 1 is 1.10 bits per heavy atom. The number of pyridine rings is 1. The fraction of sp³-hybridized carbons (Fsp3) is 0.296. The van der Waals surface area contributed by atoms with E-state index in [2.05, 4.69) is 85.7 Å². The lowest BCUT2D eigenvalue weighted by Crippen LogP contribution is -2.24. The number of allylic oxidation sites excluding steroid dienone is 1. The predicted octanol–water partition coefficient (Wildman–Crippen LogP) is 5.61. The van der Waals surface area contributed by atoms with Crippen molar-refractivity contribution < 1.29 is 5.11 Å². The maximum Gasteiger partial charge on any atom is 0.0780 e. The number of hydrogen-bond acceptors (Lipinski definition) is 3. The molecule has 2 unspecified atom stereocenters. The van der Waals surface area contributed by atoms with E-state index in [4.69, 9.17) is 0 Å². The molecular formula is C27H30N2O. The number of hydrogen-bond donors (Lipinski definition) is 2. The first kappa shape index (κ1) is 20.4. The van der Waals surface area contributed by atoms with E-state index in [1.54, 1.807) is 0 Å². The molecule has 0 spiro atoms. The van der Waals surface area contributed by atoms with Crippen LogP contribution in [0.1, 0.15) is 37.8 Å². The van der Waals surface area contributed by atoms with E-state index in [0.29, 0.717) is 12.0 Å². The predicted molar refractivity (Wildman–Crippen MR) is 125 cm³/mol. The van der Waals surface area contributed by atoms with E-state index in [1.807, 2.05) is 18.5 Å². The molecule has 2 N–H and O–H groups in total. The largest absolute Gasteiger partial charge is 0.396 e. The molecular weight excluding hydrogens is 368 g/mol. The van der Waals surface area contributed by atoms with Gasteiger partial charge in [0.1, 0.15) is 0 Å². The molecule has 1 aromatic heterocycles. The Balaban J connectivity index is 1.71. The van der Waals surface area contributed by atoms with Gasteiger partial charge in [-0.15, -0.1) is 0 Å². The molecule has 3 heteroatoms. The van der Waals surface area contributed by atoms with E-state index < -0.39 is 0 Å². The van der Waals surface area contributed by atoms with Crippen LogP contribution in [0, 0.1) is 5.92 Å². The topological polar surface area (TPSA) is 45.2 Å². The summed E-state index contributed by atoms with van der Waals surface area (Å²) in [6.07, 6.45) is 8.93. The van der Waals surface area contributed by atoms with Gasteiger partial charge < -0.3 is 10.4 Å². The molecule has 2 atom stereocenters. The van der Waals surface area contributed by atoms with Crippen LogP contribution < -0.4 is 5.32 Å². The molecule has 0 saturated carbocycles. The van der Waals surface area contributed by atoms with E-state index in [9.17, 15) is 5.11 Å². The Labute approximate surface area is 179 Å². The highest BCUT2D eigenvalue weighted by Gasteiger charge is 2.16. The van der Waals surface area contributed by atoms with Crippen LogP contribution in [0.4, 0.5) is 0 Å². The fourth-order valence-electron chi connectivity index (χ4n) is 4.17. The number of fused-ring (bicyclic) bond motifs is 1. The Bertz CT molecular complexity index is 1100. The van der Waals surface area contributed by atoms with Gasteiger partial charge in [-0.25, -0.2) is 0 Å². The first-order valence-corrected chi connectivity index (χ1v) is 10.8. The quantitative estimate of drug-likeness (QED) is 0.567. The van der Waals surface area contributed by atoms with Gasteiger partial charge in [-0.2, -0.15) is 0 Å². The molecule has 4 rings (SSSR count). The van der Waals surface area contributed by atoms with Crippen molar-refractivity contribution in [2.24, 2.45) is 5.92 Å². The highest BCUT2D eigenvalue weighted by atomic mass is 16.3. The summed E-state index contributed by atoms with van der Waals surface area (Å²) in [6.45, 7) is 6.72. The molecule has 0 saturated heterocycles. The second-order valence-corrected chi connectivity index (χ2v) is 8.54. The number of benzene rings is 2. The summed E-state index contributed by atoms with van der Waals surface area (Å²) in [5.74, 6) is 0.550. The van der Waals surface area contributed by atoms with E-state index in [-0.39, 0.29) is 12.5 Å². The van der Waals surface area contributed by atoms with Crippen molar-refractivity contribution in [1.29, 1.82) is 0 Å². The minimum Gasteiger partial charge on any atom is -0.396 e. The maximum atomic E-state index is 10.0. The summed E-state index contributed by atoms with van der Waals surface area (Å²) in [4.78, 5) is 4.68. The number of aromatic nitrogens is 1. The number of rotatable bonds is 6. The minimum atomic E-state index is 0.0953. The Morgan fingerprint density at radius 2 is 1.97 bits per heavy atom. The van der Waals surface area contributed by atoms with Crippen LogP contribution in [-0.4, -0.2) is 22.7 Å². The monoisotopic (exact) mass is 398 g/mol. The Morgan fingerprint density at radius 3 is 2.73 bits per heavy atom. The number of aliphatic hydroxyl groups excluding tert-OH is 1. The van der Waals surface area contributed by atoms with Crippen molar-refractivity contribution >= 4 is 10.9 Å². The summed E-state index contributed by atoms with van der Waals surface area (Å²) in [6, 6.07) is 17.7. The van der Waals surface area contributed by atoms with Crippen molar-refractivity contribution in [3.8, 4) is 11.1 Å². The lowest BCUT2D eigenvalue weighted by atomic mass is 9.88. The van der Waals surface area contributed by atoms with Gasteiger partial charge in [-0.1, -0.05) is 50.3 Å². The molecule has 3 nitrogen and oxygen atoms in total. The van der Waals surface area contributed by atoms with Crippen LogP contribution in [0.15, 0.2) is 78.7 Å². The summed E-state index contributed by atoms with van der Waals surface area (Å²) in [5, 5.41) is 14.5. The van der Waals surface area contributed by atoms with Crippen molar-refractivity contribution in [3.05, 3.63) is 89.8 Å². The van der Waals surface area contributed by atoms with Gasteiger partial charge in [0.15, 0.2) is 0 Å². The molecule has 3 aromatic rings. The zero-order valence-corrected chi connectivity index (χ0v) is 18.0.